The monoisotopic (exact) mass is 238 g/mol. The van der Waals surface area contributed by atoms with Crippen LogP contribution in [0.4, 0.5) is 0 Å². The smallest absolute Gasteiger partial charge is 0.305 e. The SMILES string of the molecule is CC(C)C(=O)O.CC(C)C(=O)O.OCCO. The number of aliphatic hydroxyl groups excluding tert-OH is 2. The molecule has 0 rings (SSSR count). The Morgan fingerprint density at radius 1 is 0.812 bits per heavy atom. The van der Waals surface area contributed by atoms with Crippen molar-refractivity contribution in [3.05, 3.63) is 0 Å². The summed E-state index contributed by atoms with van der Waals surface area (Å²) in [4.78, 5) is 19.4. The van der Waals surface area contributed by atoms with Crippen molar-refractivity contribution in [3.63, 3.8) is 0 Å². The minimum Gasteiger partial charge on any atom is -0.481 e. The highest BCUT2D eigenvalue weighted by atomic mass is 16.4. The van der Waals surface area contributed by atoms with Crippen LogP contribution < -0.4 is 0 Å². The Hall–Kier alpha value is -1.14. The molecule has 0 aliphatic heterocycles. The highest BCUT2D eigenvalue weighted by Gasteiger charge is 1.99. The summed E-state index contributed by atoms with van der Waals surface area (Å²) in [7, 11) is 0. The molecular formula is C10H22O6. The van der Waals surface area contributed by atoms with E-state index < -0.39 is 11.9 Å². The number of hydrogen-bond donors (Lipinski definition) is 4. The molecule has 0 aromatic heterocycles. The first-order valence-electron chi connectivity index (χ1n) is 4.87. The summed E-state index contributed by atoms with van der Waals surface area (Å²) in [6.45, 7) is 6.31. The molecule has 0 heterocycles. The second-order valence-electron chi connectivity index (χ2n) is 3.43. The molecule has 6 heteroatoms. The predicted molar refractivity (Wildman–Crippen MR) is 59.1 cm³/mol. The van der Waals surface area contributed by atoms with Gasteiger partial charge in [0.2, 0.25) is 0 Å². The molecule has 0 bridgehead atoms. The maximum atomic E-state index is 9.70. The molecule has 16 heavy (non-hydrogen) atoms. The number of carboxylic acids is 2. The zero-order valence-electron chi connectivity index (χ0n) is 10.2. The van der Waals surface area contributed by atoms with Crippen LogP contribution in [0.25, 0.3) is 0 Å². The van der Waals surface area contributed by atoms with E-state index in [1.807, 2.05) is 0 Å². The van der Waals surface area contributed by atoms with E-state index >= 15 is 0 Å². The summed E-state index contributed by atoms with van der Waals surface area (Å²) in [5.74, 6) is -1.94. The summed E-state index contributed by atoms with van der Waals surface area (Å²) in [6.07, 6.45) is 0. The number of carbonyl (C=O) groups is 2. The summed E-state index contributed by atoms with van der Waals surface area (Å²) < 4.78 is 0. The largest absolute Gasteiger partial charge is 0.481 e. The maximum absolute atomic E-state index is 9.70. The fraction of sp³-hybridized carbons (Fsp3) is 0.800. The van der Waals surface area contributed by atoms with Crippen molar-refractivity contribution in [1.29, 1.82) is 0 Å². The molecule has 98 valence electrons. The van der Waals surface area contributed by atoms with Gasteiger partial charge in [-0.05, 0) is 0 Å². The average Bonchev–Trinajstić information content (AvgIpc) is 2.18. The Balaban J connectivity index is -0.000000162. The van der Waals surface area contributed by atoms with Crippen molar-refractivity contribution in [2.75, 3.05) is 13.2 Å². The molecule has 0 aromatic carbocycles. The number of rotatable bonds is 3. The van der Waals surface area contributed by atoms with E-state index in [2.05, 4.69) is 0 Å². The van der Waals surface area contributed by atoms with Gasteiger partial charge in [-0.15, -0.1) is 0 Å². The van der Waals surface area contributed by atoms with Crippen LogP contribution >= 0.6 is 0 Å². The van der Waals surface area contributed by atoms with E-state index in [0.717, 1.165) is 0 Å². The summed E-state index contributed by atoms with van der Waals surface area (Å²) in [5, 5.41) is 31.2. The Bertz CT molecular complexity index is 156. The summed E-state index contributed by atoms with van der Waals surface area (Å²) in [5.41, 5.74) is 0. The molecule has 0 fully saturated rings. The fourth-order valence-corrected chi connectivity index (χ4v) is 0. The van der Waals surface area contributed by atoms with Gasteiger partial charge < -0.3 is 20.4 Å². The molecule has 0 aromatic rings. The fourth-order valence-electron chi connectivity index (χ4n) is 0. The predicted octanol–water partition coefficient (Wildman–Crippen LogP) is 0.425. The lowest BCUT2D eigenvalue weighted by Crippen LogP contribution is -2.03. The molecule has 0 amide bonds. The van der Waals surface area contributed by atoms with Gasteiger partial charge in [0.05, 0.1) is 25.0 Å². The van der Waals surface area contributed by atoms with E-state index in [-0.39, 0.29) is 25.0 Å². The third-order valence-corrected chi connectivity index (χ3v) is 1.09. The van der Waals surface area contributed by atoms with Crippen LogP contribution in [-0.4, -0.2) is 45.6 Å². The van der Waals surface area contributed by atoms with Gasteiger partial charge in [0, 0.05) is 0 Å². The Labute approximate surface area is 95.5 Å². The summed E-state index contributed by atoms with van der Waals surface area (Å²) >= 11 is 0. The normalized spacial score (nSPS) is 8.75. The van der Waals surface area contributed by atoms with Crippen LogP contribution in [0.3, 0.4) is 0 Å². The first-order valence-corrected chi connectivity index (χ1v) is 4.87. The standard InChI is InChI=1S/2C4H8O2.C2H6O2/c2*1-3(2)4(5)6;3-1-2-4/h2*3H,1-2H3,(H,5,6);3-4H,1-2H2. The molecule has 0 radical (unpaired) electrons. The van der Waals surface area contributed by atoms with Crippen LogP contribution in [0.5, 0.6) is 0 Å². The molecule has 0 aliphatic rings. The van der Waals surface area contributed by atoms with Gasteiger partial charge in [0.1, 0.15) is 0 Å². The van der Waals surface area contributed by atoms with E-state index in [1.165, 1.54) is 0 Å². The molecule has 0 spiro atoms. The zero-order valence-corrected chi connectivity index (χ0v) is 10.2. The van der Waals surface area contributed by atoms with Crippen LogP contribution in [0.1, 0.15) is 27.7 Å². The van der Waals surface area contributed by atoms with E-state index in [9.17, 15) is 9.59 Å². The topological polar surface area (TPSA) is 115 Å². The molecule has 0 unspecified atom stereocenters. The van der Waals surface area contributed by atoms with Crippen LogP contribution in [0, 0.1) is 11.8 Å². The van der Waals surface area contributed by atoms with Gasteiger partial charge >= 0.3 is 11.9 Å². The number of aliphatic carboxylic acids is 2. The van der Waals surface area contributed by atoms with Crippen molar-refractivity contribution in [3.8, 4) is 0 Å². The van der Waals surface area contributed by atoms with Gasteiger partial charge in [0.15, 0.2) is 0 Å². The third-order valence-electron chi connectivity index (χ3n) is 1.09. The second kappa shape index (κ2) is 13.9. The lowest BCUT2D eigenvalue weighted by atomic mass is 10.2. The first-order chi connectivity index (χ1) is 7.20. The Kier molecular flexibility index (Phi) is 17.6. The Morgan fingerprint density at radius 2 is 0.938 bits per heavy atom. The van der Waals surface area contributed by atoms with E-state index in [4.69, 9.17) is 20.4 Å². The minimum atomic E-state index is -0.741. The molecular weight excluding hydrogens is 216 g/mol. The third kappa shape index (κ3) is 29.3. The van der Waals surface area contributed by atoms with Crippen LogP contribution in [-0.2, 0) is 9.59 Å². The van der Waals surface area contributed by atoms with Gasteiger partial charge in [0.25, 0.3) is 0 Å². The van der Waals surface area contributed by atoms with Crippen molar-refractivity contribution in [2.24, 2.45) is 11.8 Å². The molecule has 4 N–H and O–H groups in total. The number of carboxylic acid groups (broad SMARTS) is 2. The number of hydrogen-bond acceptors (Lipinski definition) is 4. The molecule has 6 nitrogen and oxygen atoms in total. The summed E-state index contributed by atoms with van der Waals surface area (Å²) in [6, 6.07) is 0. The van der Waals surface area contributed by atoms with Crippen LogP contribution in [0.2, 0.25) is 0 Å². The molecule has 0 saturated carbocycles. The van der Waals surface area contributed by atoms with Crippen molar-refractivity contribution < 1.29 is 30.0 Å². The molecule has 0 saturated heterocycles. The van der Waals surface area contributed by atoms with Crippen molar-refractivity contribution >= 4 is 11.9 Å². The maximum Gasteiger partial charge on any atom is 0.305 e. The van der Waals surface area contributed by atoms with E-state index in [0.29, 0.717) is 0 Å². The number of aliphatic hydroxyl groups is 2. The lowest BCUT2D eigenvalue weighted by molar-refractivity contribution is -0.141. The van der Waals surface area contributed by atoms with Gasteiger partial charge in [-0.2, -0.15) is 0 Å². The highest BCUT2D eigenvalue weighted by molar-refractivity contribution is 5.69. The second-order valence-corrected chi connectivity index (χ2v) is 3.43. The van der Waals surface area contributed by atoms with Gasteiger partial charge in [-0.3, -0.25) is 9.59 Å². The lowest BCUT2D eigenvalue weighted by Gasteiger charge is -1.89. The van der Waals surface area contributed by atoms with Crippen molar-refractivity contribution in [2.45, 2.75) is 27.7 Å². The average molecular weight is 238 g/mol. The quantitative estimate of drug-likeness (QED) is 0.566. The van der Waals surface area contributed by atoms with Gasteiger partial charge in [-0.1, -0.05) is 27.7 Å². The van der Waals surface area contributed by atoms with Gasteiger partial charge in [-0.25, -0.2) is 0 Å². The Morgan fingerprint density at radius 3 is 0.938 bits per heavy atom. The van der Waals surface area contributed by atoms with Crippen LogP contribution in [0.15, 0.2) is 0 Å². The van der Waals surface area contributed by atoms with E-state index in [1.54, 1.807) is 27.7 Å². The molecule has 0 atom stereocenters. The zero-order chi connectivity index (χ0) is 13.7. The minimum absolute atomic E-state index is 0.125. The first kappa shape index (κ1) is 20.3. The van der Waals surface area contributed by atoms with Crippen molar-refractivity contribution in [1.82, 2.24) is 0 Å². The molecule has 0 aliphatic carbocycles. The highest BCUT2D eigenvalue weighted by Crippen LogP contribution is 1.87.